The summed E-state index contributed by atoms with van der Waals surface area (Å²) < 4.78 is 0. The second-order valence-corrected chi connectivity index (χ2v) is 3.88. The molecule has 0 aromatic heterocycles. The van der Waals surface area contributed by atoms with E-state index < -0.39 is 0 Å². The van der Waals surface area contributed by atoms with Crippen LogP contribution in [-0.4, -0.2) is 26.2 Å². The van der Waals surface area contributed by atoms with Crippen LogP contribution in [0.2, 0.25) is 0 Å². The molecular formula is C12H22N4+4. The molecule has 0 atom stereocenters. The fourth-order valence-corrected chi connectivity index (χ4v) is 1.55. The first kappa shape index (κ1) is 13.1. The predicted octanol–water partition coefficient (Wildman–Crippen LogP) is -4.56. The first-order valence-electron chi connectivity index (χ1n) is 5.87. The van der Waals surface area contributed by atoms with Gasteiger partial charge in [-0.3, -0.25) is 0 Å². The van der Waals surface area contributed by atoms with E-state index in [4.69, 9.17) is 11.5 Å². The Kier molecular flexibility index (Phi) is 6.76. The summed E-state index contributed by atoms with van der Waals surface area (Å²) >= 11 is 0. The van der Waals surface area contributed by atoms with Crippen molar-refractivity contribution in [2.75, 3.05) is 26.2 Å². The average molecular weight is 222 g/mol. The Bertz CT molecular complexity index is 242. The molecule has 4 nitrogen and oxygen atoms in total. The van der Waals surface area contributed by atoms with Crippen molar-refractivity contribution in [1.82, 2.24) is 0 Å². The normalized spacial score (nSPS) is 10.6. The van der Waals surface area contributed by atoms with Gasteiger partial charge in [0, 0.05) is 22.6 Å². The Labute approximate surface area is 97.4 Å². The van der Waals surface area contributed by atoms with E-state index in [2.05, 4.69) is 34.9 Å². The number of rotatable bonds is 8. The van der Waals surface area contributed by atoms with E-state index in [1.54, 1.807) is 0 Å². The van der Waals surface area contributed by atoms with Crippen LogP contribution in [0.25, 0.3) is 0 Å². The van der Waals surface area contributed by atoms with Crippen LogP contribution in [0.5, 0.6) is 0 Å². The molecule has 4 radical (unpaired) electrons. The number of hydrogen-bond acceptors (Lipinski definition) is 0. The Morgan fingerprint density at radius 3 is 1.44 bits per heavy atom. The minimum atomic E-state index is 0.486. The summed E-state index contributed by atoms with van der Waals surface area (Å²) in [6.07, 6.45) is 0. The van der Waals surface area contributed by atoms with Gasteiger partial charge in [-0.25, -0.2) is 0 Å². The highest BCUT2D eigenvalue weighted by Crippen LogP contribution is 2.01. The maximum atomic E-state index is 7.05. The molecule has 0 saturated heterocycles. The lowest BCUT2D eigenvalue weighted by Gasteiger charge is -2.02. The van der Waals surface area contributed by atoms with Gasteiger partial charge in [0.15, 0.2) is 0 Å². The molecule has 0 heterocycles. The van der Waals surface area contributed by atoms with E-state index in [-0.39, 0.29) is 0 Å². The Morgan fingerprint density at radius 1 is 0.750 bits per heavy atom. The summed E-state index contributed by atoms with van der Waals surface area (Å²) in [5, 5.41) is 4.32. The van der Waals surface area contributed by atoms with Crippen LogP contribution < -0.4 is 22.1 Å². The standard InChI is InChI=1S/C12H20N4/c13-5-7-15-9-11-1-2-12(4-3-11)10-16-8-6-14/h1-4,13-16H,5-10H2/q+2/p+2. The van der Waals surface area contributed by atoms with Crippen molar-refractivity contribution in [2.24, 2.45) is 0 Å². The lowest BCUT2D eigenvalue weighted by atomic mass is 10.1. The van der Waals surface area contributed by atoms with E-state index in [0.717, 1.165) is 26.2 Å². The van der Waals surface area contributed by atoms with Crippen LogP contribution in [0.1, 0.15) is 11.1 Å². The molecule has 0 fully saturated rings. The topological polar surface area (TPSA) is 80.8 Å². The Balaban J connectivity index is 2.30. The van der Waals surface area contributed by atoms with E-state index >= 15 is 0 Å². The second kappa shape index (κ2) is 8.24. The molecule has 1 aromatic carbocycles. The van der Waals surface area contributed by atoms with E-state index in [1.165, 1.54) is 11.1 Å². The zero-order chi connectivity index (χ0) is 11.6. The first-order valence-corrected chi connectivity index (χ1v) is 5.87. The highest BCUT2D eigenvalue weighted by molar-refractivity contribution is 5.20. The molecule has 86 valence electrons. The Morgan fingerprint density at radius 2 is 1.12 bits per heavy atom. The van der Waals surface area contributed by atoms with Gasteiger partial charge in [0.25, 0.3) is 0 Å². The summed E-state index contributed by atoms with van der Waals surface area (Å²) in [5.74, 6) is 0. The van der Waals surface area contributed by atoms with Gasteiger partial charge >= 0.3 is 0 Å². The number of hydrogen-bond donors (Lipinski definition) is 2. The van der Waals surface area contributed by atoms with Crippen molar-refractivity contribution in [3.05, 3.63) is 35.4 Å². The van der Waals surface area contributed by atoms with Crippen LogP contribution in [0.4, 0.5) is 0 Å². The molecule has 1 rings (SSSR count). The van der Waals surface area contributed by atoms with Gasteiger partial charge in [0.1, 0.15) is 26.2 Å². The van der Waals surface area contributed by atoms with Gasteiger partial charge in [-0.1, -0.05) is 24.3 Å². The largest absolute Gasteiger partial charge is 0.337 e. The lowest BCUT2D eigenvalue weighted by Crippen LogP contribution is -2.86. The van der Waals surface area contributed by atoms with Crippen molar-refractivity contribution in [3.8, 4) is 0 Å². The minimum Gasteiger partial charge on any atom is -0.337 e. The molecule has 0 saturated carbocycles. The predicted molar refractivity (Wildman–Crippen MR) is 59.1 cm³/mol. The summed E-state index contributed by atoms with van der Waals surface area (Å²) in [7, 11) is 0. The second-order valence-electron chi connectivity index (χ2n) is 3.88. The fraction of sp³-hybridized carbons (Fsp3) is 0.500. The summed E-state index contributed by atoms with van der Waals surface area (Å²) in [5.41, 5.74) is 16.7. The summed E-state index contributed by atoms with van der Waals surface area (Å²) in [6, 6.07) is 8.63. The summed E-state index contributed by atoms with van der Waals surface area (Å²) in [6.45, 7) is 4.66. The monoisotopic (exact) mass is 222 g/mol. The van der Waals surface area contributed by atoms with Gasteiger partial charge in [0.2, 0.25) is 13.1 Å². The SMILES string of the molecule is [NH+]CC[NH2+]Cc1ccc(C[NH2+]CC[NH+])cc1. The third kappa shape index (κ3) is 5.23. The summed E-state index contributed by atoms with van der Waals surface area (Å²) in [4.78, 5) is 0. The van der Waals surface area contributed by atoms with Gasteiger partial charge in [-0.05, 0) is 0 Å². The van der Waals surface area contributed by atoms with E-state index in [1.807, 2.05) is 0 Å². The van der Waals surface area contributed by atoms with Gasteiger partial charge in [-0.15, -0.1) is 0 Å². The van der Waals surface area contributed by atoms with Crippen LogP contribution in [0.15, 0.2) is 24.3 Å². The number of benzene rings is 1. The molecule has 0 aliphatic rings. The molecule has 0 aliphatic carbocycles. The van der Waals surface area contributed by atoms with Crippen molar-refractivity contribution >= 4 is 0 Å². The number of nitrogens with two attached hydrogens (primary N) is 2. The van der Waals surface area contributed by atoms with Crippen molar-refractivity contribution in [2.45, 2.75) is 13.1 Å². The molecule has 1 aromatic rings. The maximum absolute atomic E-state index is 7.05. The van der Waals surface area contributed by atoms with Crippen LogP contribution in [-0.2, 0) is 13.1 Å². The van der Waals surface area contributed by atoms with E-state index in [0.29, 0.717) is 13.1 Å². The lowest BCUT2D eigenvalue weighted by molar-refractivity contribution is -0.685. The molecule has 0 amide bonds. The molecule has 0 bridgehead atoms. The van der Waals surface area contributed by atoms with Gasteiger partial charge in [0.05, 0.1) is 0 Å². The van der Waals surface area contributed by atoms with Crippen LogP contribution in [0, 0.1) is 0 Å². The Hall–Kier alpha value is -0.940. The fourth-order valence-electron chi connectivity index (χ4n) is 1.55. The quantitative estimate of drug-likeness (QED) is 0.415. The molecule has 0 spiro atoms. The van der Waals surface area contributed by atoms with Crippen LogP contribution >= 0.6 is 0 Å². The third-order valence-corrected chi connectivity index (χ3v) is 2.48. The van der Waals surface area contributed by atoms with Gasteiger partial charge < -0.3 is 10.6 Å². The molecule has 0 unspecified atom stereocenters. The van der Waals surface area contributed by atoms with Crippen molar-refractivity contribution in [3.63, 3.8) is 0 Å². The highest BCUT2D eigenvalue weighted by atomic mass is 14.9. The van der Waals surface area contributed by atoms with Crippen molar-refractivity contribution in [1.29, 1.82) is 0 Å². The van der Waals surface area contributed by atoms with Gasteiger partial charge in [-0.2, -0.15) is 0 Å². The molecule has 4 heteroatoms. The number of nitrogens with one attached hydrogen (secondary N) is 2. The van der Waals surface area contributed by atoms with E-state index in [9.17, 15) is 0 Å². The zero-order valence-electron chi connectivity index (χ0n) is 9.71. The highest BCUT2D eigenvalue weighted by Gasteiger charge is 1.99. The third-order valence-electron chi connectivity index (χ3n) is 2.48. The van der Waals surface area contributed by atoms with Crippen molar-refractivity contribution < 1.29 is 22.1 Å². The molecular weight excluding hydrogens is 200 g/mol. The molecule has 16 heavy (non-hydrogen) atoms. The maximum Gasteiger partial charge on any atom is 0.229 e. The average Bonchev–Trinajstić information content (AvgIpc) is 2.32. The molecule has 0 aliphatic heterocycles. The smallest absolute Gasteiger partial charge is 0.229 e. The number of quaternary nitrogens is 2. The molecule has 6 N–H and O–H groups in total. The first-order chi connectivity index (χ1) is 7.86. The minimum absolute atomic E-state index is 0.486. The zero-order valence-corrected chi connectivity index (χ0v) is 9.71. The van der Waals surface area contributed by atoms with Crippen LogP contribution in [0.3, 0.4) is 0 Å².